The van der Waals surface area contributed by atoms with Crippen LogP contribution in [-0.2, 0) is 0 Å². The van der Waals surface area contributed by atoms with E-state index in [9.17, 15) is 0 Å². The molecule has 0 fully saturated rings. The second-order valence-electron chi connectivity index (χ2n) is 7.22. The Kier molecular flexibility index (Phi) is 4.25. The van der Waals surface area contributed by atoms with Gasteiger partial charge in [-0.05, 0) is 69.2 Å². The zero-order chi connectivity index (χ0) is 20.8. The van der Waals surface area contributed by atoms with Crippen molar-refractivity contribution < 1.29 is 13.9 Å². The van der Waals surface area contributed by atoms with Crippen molar-refractivity contribution in [2.24, 2.45) is 4.99 Å². The van der Waals surface area contributed by atoms with Crippen LogP contribution in [0.2, 0.25) is 0 Å². The van der Waals surface area contributed by atoms with Crippen LogP contribution in [0.25, 0.3) is 33.3 Å². The molecule has 4 aromatic carbocycles. The molecule has 6 heteroatoms. The quantitative estimate of drug-likeness (QED) is 0.269. The molecule has 0 amide bonds. The van der Waals surface area contributed by atoms with E-state index in [2.05, 4.69) is 50.2 Å². The predicted molar refractivity (Wildman–Crippen MR) is 124 cm³/mol. The maximum absolute atomic E-state index is 5.99. The molecule has 0 radical (unpaired) electrons. The summed E-state index contributed by atoms with van der Waals surface area (Å²) in [5, 5.41) is 2.34. The highest BCUT2D eigenvalue weighted by Crippen LogP contribution is 2.36. The zero-order valence-corrected chi connectivity index (χ0v) is 17.8. The normalized spacial score (nSPS) is 12.9. The van der Waals surface area contributed by atoms with Crippen LogP contribution in [0.1, 0.15) is 5.56 Å². The van der Waals surface area contributed by atoms with Gasteiger partial charge in [-0.3, -0.25) is 4.99 Å². The first kappa shape index (κ1) is 18.2. The van der Waals surface area contributed by atoms with E-state index in [0.717, 1.165) is 49.3 Å². The molecule has 6 rings (SSSR count). The molecule has 0 bridgehead atoms. The van der Waals surface area contributed by atoms with Gasteiger partial charge in [-0.25, -0.2) is 4.98 Å². The molecule has 2 heterocycles. The van der Waals surface area contributed by atoms with E-state index in [0.29, 0.717) is 5.89 Å². The van der Waals surface area contributed by atoms with E-state index in [-0.39, 0.29) is 6.79 Å². The van der Waals surface area contributed by atoms with Crippen LogP contribution in [0.3, 0.4) is 0 Å². The average Bonchev–Trinajstić information content (AvgIpc) is 3.43. The van der Waals surface area contributed by atoms with Crippen molar-refractivity contribution in [3.05, 3.63) is 82.8 Å². The summed E-state index contributed by atoms with van der Waals surface area (Å²) < 4.78 is 17.7. The maximum Gasteiger partial charge on any atom is 0.231 e. The van der Waals surface area contributed by atoms with Gasteiger partial charge < -0.3 is 13.9 Å². The number of hydrogen-bond donors (Lipinski definition) is 0. The molecule has 1 aliphatic heterocycles. The van der Waals surface area contributed by atoms with Gasteiger partial charge in [-0.2, -0.15) is 0 Å². The van der Waals surface area contributed by atoms with Gasteiger partial charge in [-0.1, -0.05) is 30.3 Å². The average molecular weight is 471 g/mol. The fourth-order valence-electron chi connectivity index (χ4n) is 3.62. The first-order chi connectivity index (χ1) is 15.2. The first-order valence-electron chi connectivity index (χ1n) is 9.76. The summed E-state index contributed by atoms with van der Waals surface area (Å²) in [6, 6.07) is 24.0. The number of oxazole rings is 1. The van der Waals surface area contributed by atoms with E-state index >= 15 is 0 Å². The molecule has 1 aliphatic rings. The van der Waals surface area contributed by atoms with Crippen molar-refractivity contribution >= 4 is 49.7 Å². The minimum atomic E-state index is 0.241. The number of fused-ring (bicyclic) bond motifs is 3. The predicted octanol–water partition coefficient (Wildman–Crippen LogP) is 6.89. The molecule has 0 unspecified atom stereocenters. The monoisotopic (exact) mass is 470 g/mol. The fraction of sp³-hybridized carbons (Fsp3) is 0.0400. The minimum Gasteiger partial charge on any atom is -0.454 e. The zero-order valence-electron chi connectivity index (χ0n) is 16.2. The van der Waals surface area contributed by atoms with Gasteiger partial charge in [0.25, 0.3) is 0 Å². The molecule has 0 saturated heterocycles. The molecule has 0 atom stereocenters. The second-order valence-corrected chi connectivity index (χ2v) is 8.07. The Morgan fingerprint density at radius 2 is 1.71 bits per heavy atom. The summed E-state index contributed by atoms with van der Waals surface area (Å²) in [4.78, 5) is 9.29. The number of nitrogens with zero attached hydrogens (tertiary/aromatic N) is 2. The number of hydrogen-bond acceptors (Lipinski definition) is 5. The van der Waals surface area contributed by atoms with Crippen LogP contribution in [0.4, 0.5) is 5.69 Å². The lowest BCUT2D eigenvalue weighted by Gasteiger charge is -2.01. The lowest BCUT2D eigenvalue weighted by atomic mass is 10.1. The molecule has 0 aliphatic carbocycles. The third-order valence-electron chi connectivity index (χ3n) is 5.21. The Hall–Kier alpha value is -3.64. The Morgan fingerprint density at radius 1 is 0.871 bits per heavy atom. The minimum absolute atomic E-state index is 0.241. The van der Waals surface area contributed by atoms with Gasteiger partial charge in [-0.15, -0.1) is 0 Å². The smallest absolute Gasteiger partial charge is 0.231 e. The second kappa shape index (κ2) is 7.25. The van der Waals surface area contributed by atoms with Crippen molar-refractivity contribution in [2.45, 2.75) is 0 Å². The lowest BCUT2D eigenvalue weighted by Crippen LogP contribution is -1.92. The van der Waals surface area contributed by atoms with Gasteiger partial charge >= 0.3 is 0 Å². The molecule has 0 spiro atoms. The number of rotatable bonds is 3. The van der Waals surface area contributed by atoms with E-state index in [4.69, 9.17) is 13.9 Å². The number of benzene rings is 4. The van der Waals surface area contributed by atoms with E-state index in [1.165, 1.54) is 5.39 Å². The molecule has 0 N–H and O–H groups in total. The lowest BCUT2D eigenvalue weighted by molar-refractivity contribution is 0.174. The van der Waals surface area contributed by atoms with E-state index in [1.54, 1.807) is 6.21 Å². The van der Waals surface area contributed by atoms with Gasteiger partial charge in [0.1, 0.15) is 5.52 Å². The molecule has 5 nitrogen and oxygen atoms in total. The topological polar surface area (TPSA) is 56.9 Å². The number of aliphatic imine (C=N–C) groups is 1. The van der Waals surface area contributed by atoms with Crippen molar-refractivity contribution in [1.29, 1.82) is 0 Å². The summed E-state index contributed by atoms with van der Waals surface area (Å²) in [5.41, 5.74) is 4.13. The third-order valence-corrected chi connectivity index (χ3v) is 5.90. The van der Waals surface area contributed by atoms with Crippen molar-refractivity contribution in [1.82, 2.24) is 4.98 Å². The summed E-state index contributed by atoms with van der Waals surface area (Å²) >= 11 is 3.56. The largest absolute Gasteiger partial charge is 0.454 e. The van der Waals surface area contributed by atoms with Crippen LogP contribution < -0.4 is 9.47 Å². The van der Waals surface area contributed by atoms with Crippen molar-refractivity contribution in [2.75, 3.05) is 6.79 Å². The van der Waals surface area contributed by atoms with Crippen LogP contribution in [0, 0.1) is 0 Å². The maximum atomic E-state index is 5.99. The van der Waals surface area contributed by atoms with Crippen LogP contribution in [-0.4, -0.2) is 18.0 Å². The van der Waals surface area contributed by atoms with Crippen molar-refractivity contribution in [3.63, 3.8) is 0 Å². The van der Waals surface area contributed by atoms with Gasteiger partial charge in [0.2, 0.25) is 12.7 Å². The fourth-order valence-corrected chi connectivity index (χ4v) is 4.04. The standard InChI is InChI=1S/C25H15BrN2O3/c26-20-12-24-23(29-14-30-24)10-18(20)13-27-19-7-8-22-21(11-19)28-25(31-22)17-6-5-15-3-1-2-4-16(15)9-17/h1-13H,14H2. The van der Waals surface area contributed by atoms with E-state index < -0.39 is 0 Å². The summed E-state index contributed by atoms with van der Waals surface area (Å²) in [6.07, 6.45) is 1.79. The van der Waals surface area contributed by atoms with Gasteiger partial charge in [0.05, 0.1) is 5.69 Å². The van der Waals surface area contributed by atoms with E-state index in [1.807, 2.05) is 48.5 Å². The third kappa shape index (κ3) is 3.35. The van der Waals surface area contributed by atoms with Crippen LogP contribution >= 0.6 is 15.9 Å². The Bertz CT molecular complexity index is 1490. The van der Waals surface area contributed by atoms with Gasteiger partial charge in [0, 0.05) is 21.8 Å². The number of ether oxygens (including phenoxy) is 2. The number of aromatic nitrogens is 1. The molecule has 0 saturated carbocycles. The molecule has 5 aromatic rings. The highest BCUT2D eigenvalue weighted by atomic mass is 79.9. The highest BCUT2D eigenvalue weighted by molar-refractivity contribution is 9.10. The summed E-state index contributed by atoms with van der Waals surface area (Å²) in [7, 11) is 0. The summed E-state index contributed by atoms with van der Waals surface area (Å²) in [5.74, 6) is 2.05. The Morgan fingerprint density at radius 3 is 2.61 bits per heavy atom. The van der Waals surface area contributed by atoms with Crippen LogP contribution in [0.15, 0.2) is 86.7 Å². The first-order valence-corrected chi connectivity index (χ1v) is 10.6. The Balaban J connectivity index is 1.33. The molecular formula is C25H15BrN2O3. The molecule has 31 heavy (non-hydrogen) atoms. The Labute approximate surface area is 186 Å². The van der Waals surface area contributed by atoms with Crippen molar-refractivity contribution in [3.8, 4) is 23.0 Å². The summed E-state index contributed by atoms with van der Waals surface area (Å²) in [6.45, 7) is 0.241. The molecule has 1 aromatic heterocycles. The van der Waals surface area contributed by atoms with Crippen LogP contribution in [0.5, 0.6) is 11.5 Å². The van der Waals surface area contributed by atoms with Gasteiger partial charge in [0.15, 0.2) is 17.1 Å². The molecule has 150 valence electrons. The SMILES string of the molecule is Brc1cc2c(cc1C=Nc1ccc3oc(-c4ccc5ccccc5c4)nc3c1)OCO2. The molecular weight excluding hydrogens is 456 g/mol. The number of halogens is 1. The highest BCUT2D eigenvalue weighted by Gasteiger charge is 2.15.